The minimum atomic E-state index is -4.46. The van der Waals surface area contributed by atoms with Gasteiger partial charge in [-0.1, -0.05) is 0 Å². The van der Waals surface area contributed by atoms with Crippen LogP contribution in [0.5, 0.6) is 0 Å². The van der Waals surface area contributed by atoms with Crippen LogP contribution < -0.4 is 0 Å². The number of rotatable bonds is 4. The molecule has 0 aliphatic heterocycles. The Labute approximate surface area is 90.5 Å². The van der Waals surface area contributed by atoms with E-state index in [0.29, 0.717) is 0 Å². The average molecular weight is 235 g/mol. The highest BCUT2D eigenvalue weighted by molar-refractivity contribution is 5.80. The molecule has 0 N–H and O–H groups in total. The Morgan fingerprint density at radius 2 is 2.12 bits per heavy atom. The van der Waals surface area contributed by atoms with Crippen LogP contribution >= 0.6 is 0 Å². The standard InChI is InChI=1S/C9H12F3N3O/c1-6(2)15-8(13-5-14-15)3-7(16)4-9(10,11)12/h5-6H,3-4H2,1-2H3. The molecular formula is C9H12F3N3O. The second kappa shape index (κ2) is 4.63. The van der Waals surface area contributed by atoms with Crippen molar-refractivity contribution < 1.29 is 18.0 Å². The van der Waals surface area contributed by atoms with Gasteiger partial charge in [0.1, 0.15) is 24.4 Å². The third-order valence-electron chi connectivity index (χ3n) is 1.89. The number of carbonyl (C=O) groups excluding carboxylic acids is 1. The van der Waals surface area contributed by atoms with E-state index < -0.39 is 18.4 Å². The predicted octanol–water partition coefficient (Wildman–Crippen LogP) is 1.92. The lowest BCUT2D eigenvalue weighted by atomic mass is 10.2. The van der Waals surface area contributed by atoms with Crippen LogP contribution in [0.2, 0.25) is 0 Å². The lowest BCUT2D eigenvalue weighted by Gasteiger charge is -2.09. The second-order valence-electron chi connectivity index (χ2n) is 3.72. The summed E-state index contributed by atoms with van der Waals surface area (Å²) in [6.45, 7) is 3.62. The first kappa shape index (κ1) is 12.7. The van der Waals surface area contributed by atoms with E-state index in [1.165, 1.54) is 11.0 Å². The van der Waals surface area contributed by atoms with Gasteiger partial charge in [0.15, 0.2) is 0 Å². The first-order valence-corrected chi connectivity index (χ1v) is 4.76. The minimum absolute atomic E-state index is 0.0313. The Balaban J connectivity index is 2.67. The van der Waals surface area contributed by atoms with Crippen molar-refractivity contribution in [2.45, 2.75) is 38.9 Å². The Hall–Kier alpha value is -1.40. The molecule has 0 aliphatic rings. The van der Waals surface area contributed by atoms with Crippen molar-refractivity contribution in [3.05, 3.63) is 12.2 Å². The van der Waals surface area contributed by atoms with Crippen molar-refractivity contribution in [2.75, 3.05) is 0 Å². The third kappa shape index (κ3) is 3.63. The Kier molecular flexibility index (Phi) is 3.66. The van der Waals surface area contributed by atoms with E-state index in [1.807, 2.05) is 13.8 Å². The van der Waals surface area contributed by atoms with Crippen LogP contribution in [0.15, 0.2) is 6.33 Å². The summed E-state index contributed by atoms with van der Waals surface area (Å²) >= 11 is 0. The van der Waals surface area contributed by atoms with Crippen LogP contribution in [-0.2, 0) is 11.2 Å². The molecule has 0 saturated heterocycles. The molecule has 0 bridgehead atoms. The second-order valence-corrected chi connectivity index (χ2v) is 3.72. The lowest BCUT2D eigenvalue weighted by molar-refractivity contribution is -0.151. The van der Waals surface area contributed by atoms with Crippen LogP contribution in [-0.4, -0.2) is 26.7 Å². The topological polar surface area (TPSA) is 47.8 Å². The van der Waals surface area contributed by atoms with Gasteiger partial charge in [-0.3, -0.25) is 4.79 Å². The zero-order chi connectivity index (χ0) is 12.3. The highest BCUT2D eigenvalue weighted by atomic mass is 19.4. The number of nitrogens with zero attached hydrogens (tertiary/aromatic N) is 3. The number of halogens is 3. The number of hydrogen-bond donors (Lipinski definition) is 0. The summed E-state index contributed by atoms with van der Waals surface area (Å²) in [6, 6.07) is -0.0313. The molecule has 0 fully saturated rings. The summed E-state index contributed by atoms with van der Waals surface area (Å²) in [4.78, 5) is 14.9. The average Bonchev–Trinajstić information content (AvgIpc) is 2.47. The summed E-state index contributed by atoms with van der Waals surface area (Å²) < 4.78 is 37.2. The molecule has 0 saturated carbocycles. The summed E-state index contributed by atoms with van der Waals surface area (Å²) in [7, 11) is 0. The van der Waals surface area contributed by atoms with E-state index in [9.17, 15) is 18.0 Å². The molecule has 1 aromatic rings. The van der Waals surface area contributed by atoms with Gasteiger partial charge >= 0.3 is 6.18 Å². The maximum Gasteiger partial charge on any atom is 0.395 e. The maximum atomic E-state index is 11.9. The molecule has 0 aliphatic carbocycles. The van der Waals surface area contributed by atoms with Crippen LogP contribution in [0, 0.1) is 0 Å². The molecule has 0 aromatic carbocycles. The lowest BCUT2D eigenvalue weighted by Crippen LogP contribution is -2.19. The number of Topliss-reactive ketones (excluding diaryl/α,β-unsaturated/α-hetero) is 1. The molecule has 0 unspecified atom stereocenters. The molecule has 4 nitrogen and oxygen atoms in total. The van der Waals surface area contributed by atoms with Gasteiger partial charge in [0.2, 0.25) is 0 Å². The number of aromatic nitrogens is 3. The van der Waals surface area contributed by atoms with Crippen LogP contribution in [0.3, 0.4) is 0 Å². The maximum absolute atomic E-state index is 11.9. The minimum Gasteiger partial charge on any atom is -0.299 e. The largest absolute Gasteiger partial charge is 0.395 e. The summed E-state index contributed by atoms with van der Waals surface area (Å²) in [5, 5.41) is 3.84. The van der Waals surface area contributed by atoms with E-state index in [0.717, 1.165) is 0 Å². The van der Waals surface area contributed by atoms with Gasteiger partial charge in [0.25, 0.3) is 0 Å². The molecule has 7 heteroatoms. The summed E-state index contributed by atoms with van der Waals surface area (Å²) in [6.07, 6.45) is -4.98. The quantitative estimate of drug-likeness (QED) is 0.801. The van der Waals surface area contributed by atoms with Crippen molar-refractivity contribution >= 4 is 5.78 Å². The van der Waals surface area contributed by atoms with Gasteiger partial charge in [0.05, 0.1) is 6.42 Å². The van der Waals surface area contributed by atoms with E-state index in [1.54, 1.807) is 0 Å². The van der Waals surface area contributed by atoms with Crippen LogP contribution in [0.25, 0.3) is 0 Å². The SMILES string of the molecule is CC(C)n1ncnc1CC(=O)CC(F)(F)F. The zero-order valence-electron chi connectivity index (χ0n) is 8.95. The molecule has 1 aromatic heterocycles. The molecule has 1 rings (SSSR count). The highest BCUT2D eigenvalue weighted by Crippen LogP contribution is 2.20. The van der Waals surface area contributed by atoms with Crippen molar-refractivity contribution in [1.29, 1.82) is 0 Å². The third-order valence-corrected chi connectivity index (χ3v) is 1.89. The van der Waals surface area contributed by atoms with Crippen molar-refractivity contribution in [2.24, 2.45) is 0 Å². The fourth-order valence-electron chi connectivity index (χ4n) is 1.29. The van der Waals surface area contributed by atoms with Gasteiger partial charge < -0.3 is 0 Å². The number of alkyl halides is 3. The Morgan fingerprint density at radius 3 is 2.62 bits per heavy atom. The fourth-order valence-corrected chi connectivity index (χ4v) is 1.29. The zero-order valence-corrected chi connectivity index (χ0v) is 8.95. The normalized spacial score (nSPS) is 12.1. The molecule has 0 atom stereocenters. The van der Waals surface area contributed by atoms with Gasteiger partial charge in [-0.2, -0.15) is 18.3 Å². The molecule has 1 heterocycles. The van der Waals surface area contributed by atoms with Crippen molar-refractivity contribution in [3.8, 4) is 0 Å². The fraction of sp³-hybridized carbons (Fsp3) is 0.667. The van der Waals surface area contributed by atoms with Crippen molar-refractivity contribution in [3.63, 3.8) is 0 Å². The van der Waals surface area contributed by atoms with E-state index in [-0.39, 0.29) is 18.3 Å². The first-order valence-electron chi connectivity index (χ1n) is 4.76. The summed E-state index contributed by atoms with van der Waals surface area (Å²) in [5.74, 6) is -0.633. The predicted molar refractivity (Wildman–Crippen MR) is 49.8 cm³/mol. The first-order chi connectivity index (χ1) is 7.29. The van der Waals surface area contributed by atoms with E-state index in [4.69, 9.17) is 0 Å². The van der Waals surface area contributed by atoms with Gasteiger partial charge in [-0.15, -0.1) is 0 Å². The van der Waals surface area contributed by atoms with Gasteiger partial charge in [-0.25, -0.2) is 9.67 Å². The molecule has 90 valence electrons. The Bertz CT molecular complexity index is 370. The van der Waals surface area contributed by atoms with Crippen LogP contribution in [0.1, 0.15) is 32.1 Å². The smallest absolute Gasteiger partial charge is 0.299 e. The highest BCUT2D eigenvalue weighted by Gasteiger charge is 2.31. The van der Waals surface area contributed by atoms with Gasteiger partial charge in [-0.05, 0) is 13.8 Å². The molecule has 0 amide bonds. The van der Waals surface area contributed by atoms with Crippen LogP contribution in [0.4, 0.5) is 13.2 Å². The molecular weight excluding hydrogens is 223 g/mol. The molecule has 16 heavy (non-hydrogen) atoms. The summed E-state index contributed by atoms with van der Waals surface area (Å²) in [5.41, 5.74) is 0. The number of carbonyl (C=O) groups is 1. The number of ketones is 1. The molecule has 0 spiro atoms. The van der Waals surface area contributed by atoms with Gasteiger partial charge in [0, 0.05) is 6.04 Å². The monoisotopic (exact) mass is 235 g/mol. The molecule has 0 radical (unpaired) electrons. The van der Waals surface area contributed by atoms with Crippen molar-refractivity contribution in [1.82, 2.24) is 14.8 Å². The Morgan fingerprint density at radius 1 is 1.50 bits per heavy atom. The number of hydrogen-bond acceptors (Lipinski definition) is 3. The van der Waals surface area contributed by atoms with E-state index in [2.05, 4.69) is 10.1 Å². The van der Waals surface area contributed by atoms with E-state index >= 15 is 0 Å².